The Bertz CT molecular complexity index is 1150. The van der Waals surface area contributed by atoms with Crippen molar-refractivity contribution in [3.63, 3.8) is 0 Å². The van der Waals surface area contributed by atoms with Crippen LogP contribution in [0.2, 0.25) is 0 Å². The topological polar surface area (TPSA) is 78.8 Å². The second-order valence-electron chi connectivity index (χ2n) is 7.23. The summed E-state index contributed by atoms with van der Waals surface area (Å²) < 4.78 is 92.7. The lowest BCUT2D eigenvalue weighted by molar-refractivity contribution is -0.141. The number of ether oxygens (including phenoxy) is 1. The Kier molecular flexibility index (Phi) is 4.20. The smallest absolute Gasteiger partial charge is 0.256 e. The minimum atomic E-state index is -3.66. The molecular weight excluding hydrogens is 378 g/mol. The number of benzene rings is 2. The van der Waals surface area contributed by atoms with Gasteiger partial charge in [0.1, 0.15) is 5.75 Å². The second kappa shape index (κ2) is 10.1. The number of carbonyl (C=O) groups is 1. The third kappa shape index (κ3) is 6.31. The average molecular weight is 425 g/mol. The quantitative estimate of drug-likeness (QED) is 0.530. The Morgan fingerprint density at radius 1 is 1.13 bits per heavy atom. The Hall–Kier alpha value is -2.37. The summed E-state index contributed by atoms with van der Waals surface area (Å²) in [6.07, 6.45) is 1.23. The van der Waals surface area contributed by atoms with E-state index in [9.17, 15) is 15.0 Å². The molecule has 0 heterocycles. The van der Waals surface area contributed by atoms with Gasteiger partial charge in [-0.2, -0.15) is 0 Å². The lowest BCUT2D eigenvalue weighted by atomic mass is 9.89. The van der Waals surface area contributed by atoms with Gasteiger partial charge in [0.2, 0.25) is 0 Å². The molecule has 0 aliphatic carbocycles. The molecule has 164 valence electrons. The molecule has 0 unspecified atom stereocenters. The Balaban J connectivity index is 2.67. The normalized spacial score (nSPS) is 22.9. The first kappa shape index (κ1) is 12.5. The maximum Gasteiger partial charge on any atom is 0.256 e. The van der Waals surface area contributed by atoms with Gasteiger partial charge in [0.25, 0.3) is 5.91 Å². The first-order valence-corrected chi connectivity index (χ1v) is 9.64. The number of amides is 1. The van der Waals surface area contributed by atoms with Crippen LogP contribution in [0.4, 0.5) is 0 Å². The molecule has 0 saturated heterocycles. The van der Waals surface area contributed by atoms with Crippen LogP contribution in [-0.4, -0.2) is 28.3 Å². The Morgan fingerprint density at radius 3 is 2.37 bits per heavy atom. The maximum atomic E-state index is 13.5. The van der Waals surface area contributed by atoms with Crippen molar-refractivity contribution in [2.45, 2.75) is 64.5 Å². The van der Waals surface area contributed by atoms with Crippen LogP contribution in [0.25, 0.3) is 0 Å². The third-order valence-electron chi connectivity index (χ3n) is 4.53. The molecule has 0 bridgehead atoms. The van der Waals surface area contributed by atoms with Crippen molar-refractivity contribution in [3.05, 3.63) is 65.7 Å². The van der Waals surface area contributed by atoms with Crippen LogP contribution in [-0.2, 0) is 10.4 Å². The molecule has 1 amide bonds. The highest BCUT2D eigenvalue weighted by Gasteiger charge is 2.37. The number of rotatable bonds is 10. The summed E-state index contributed by atoms with van der Waals surface area (Å²) in [4.78, 5) is 13.5. The molecule has 0 aliphatic heterocycles. The van der Waals surface area contributed by atoms with Gasteiger partial charge < -0.3 is 20.3 Å². The molecule has 0 saturated carbocycles. The van der Waals surface area contributed by atoms with Crippen LogP contribution in [0.5, 0.6) is 5.75 Å². The summed E-state index contributed by atoms with van der Waals surface area (Å²) in [6.45, 7) is -9.24. The van der Waals surface area contributed by atoms with Crippen molar-refractivity contribution in [3.8, 4) is 5.75 Å². The Morgan fingerprint density at radius 2 is 1.80 bits per heavy atom. The molecule has 2 rings (SSSR count). The van der Waals surface area contributed by atoms with Crippen molar-refractivity contribution in [1.29, 1.82) is 0 Å². The van der Waals surface area contributed by atoms with Gasteiger partial charge in [-0.15, -0.1) is 0 Å². The average Bonchev–Trinajstić information content (AvgIpc) is 2.85. The van der Waals surface area contributed by atoms with Crippen LogP contribution in [0.3, 0.4) is 0 Å². The van der Waals surface area contributed by atoms with Crippen LogP contribution in [0.15, 0.2) is 54.6 Å². The van der Waals surface area contributed by atoms with E-state index in [4.69, 9.17) is 19.8 Å². The van der Waals surface area contributed by atoms with E-state index in [1.54, 1.807) is 6.92 Å². The molecule has 0 aromatic heterocycles. The minimum absolute atomic E-state index is 0.0126. The zero-order valence-corrected chi connectivity index (χ0v) is 17.0. The van der Waals surface area contributed by atoms with Gasteiger partial charge in [-0.25, -0.2) is 0 Å². The largest absolute Gasteiger partial charge is 0.493 e. The highest BCUT2D eigenvalue weighted by molar-refractivity contribution is 5.86. The zero-order chi connectivity index (χ0) is 31.7. The van der Waals surface area contributed by atoms with Gasteiger partial charge in [-0.3, -0.25) is 4.79 Å². The zero-order valence-electron chi connectivity index (χ0n) is 28.0. The van der Waals surface area contributed by atoms with Crippen LogP contribution >= 0.6 is 0 Å². The molecule has 5 nitrogen and oxygen atoms in total. The first-order valence-electron chi connectivity index (χ1n) is 15.1. The highest BCUT2D eigenvalue weighted by Crippen LogP contribution is 2.29. The summed E-state index contributed by atoms with van der Waals surface area (Å²) in [5.41, 5.74) is -7.58. The lowest BCUT2D eigenvalue weighted by Crippen LogP contribution is -2.49. The molecular formula is C25H35NO4. The first-order chi connectivity index (χ1) is 18.5. The summed E-state index contributed by atoms with van der Waals surface area (Å²) in [5.74, 6) is -2.18. The predicted molar refractivity (Wildman–Crippen MR) is 119 cm³/mol. The maximum absolute atomic E-state index is 13.5. The molecule has 2 aromatic rings. The molecule has 5 heteroatoms. The van der Waals surface area contributed by atoms with Crippen molar-refractivity contribution >= 4 is 5.91 Å². The van der Waals surface area contributed by atoms with E-state index >= 15 is 0 Å². The van der Waals surface area contributed by atoms with Crippen molar-refractivity contribution in [1.82, 2.24) is 5.32 Å². The van der Waals surface area contributed by atoms with Gasteiger partial charge in [-0.1, -0.05) is 62.7 Å². The molecule has 3 N–H and O–H groups in total. The highest BCUT2D eigenvalue weighted by atomic mass is 16.5. The van der Waals surface area contributed by atoms with E-state index in [0.717, 1.165) is 24.3 Å². The monoisotopic (exact) mass is 424 g/mol. The fraction of sp³-hybridized carbons (Fsp3) is 0.480. The van der Waals surface area contributed by atoms with Crippen molar-refractivity contribution < 1.29 is 34.8 Å². The lowest BCUT2D eigenvalue weighted by Gasteiger charge is -2.33. The Labute approximate surface area is 195 Å². The number of aliphatic hydroxyl groups is 2. The van der Waals surface area contributed by atoms with Gasteiger partial charge in [0, 0.05) is 12.3 Å². The van der Waals surface area contributed by atoms with Gasteiger partial charge in [0.05, 0.1) is 20.9 Å². The standard InChI is InChI=1S/C25H35NO4/c1-6-10-18(2)17-30-21-15-13-19(14-16-21)22(24(3,4)28)26-23(27)25(5,29)20-11-8-7-9-12-20/h7-9,11-16,18,22,28-29H,6,10,17H2,1-5H3,(H,26,27)/t18-,22-,25-/m1/s1/i3D3,4D3,5D3,17D2. The van der Waals surface area contributed by atoms with E-state index in [2.05, 4.69) is 0 Å². The van der Waals surface area contributed by atoms with Crippen LogP contribution in [0.1, 0.15) is 79.5 Å². The third-order valence-corrected chi connectivity index (χ3v) is 4.53. The van der Waals surface area contributed by atoms with Crippen LogP contribution < -0.4 is 10.1 Å². The number of carbonyl (C=O) groups excluding carboxylic acids is 1. The summed E-state index contributed by atoms with van der Waals surface area (Å²) in [7, 11) is 0. The van der Waals surface area contributed by atoms with E-state index < -0.39 is 56.2 Å². The molecule has 0 spiro atoms. The SMILES string of the molecule is [2H]C([2H])(Oc1ccc([C@@H](NC(=O)[C@](O)(c2ccccc2)C([2H])([2H])[2H])C(O)(C([2H])([2H])[2H])C([2H])([2H])[2H])cc1)[C@H](C)CCC. The minimum Gasteiger partial charge on any atom is -0.493 e. The number of nitrogens with one attached hydrogen (secondary N) is 1. The molecule has 30 heavy (non-hydrogen) atoms. The van der Waals surface area contributed by atoms with E-state index in [-0.39, 0.29) is 16.9 Å². The van der Waals surface area contributed by atoms with Gasteiger partial charge >= 0.3 is 0 Å². The fourth-order valence-electron chi connectivity index (χ4n) is 2.86. The molecule has 0 radical (unpaired) electrons. The van der Waals surface area contributed by atoms with Gasteiger partial charge in [0.15, 0.2) is 5.60 Å². The molecule has 3 atom stereocenters. The van der Waals surface area contributed by atoms with Crippen molar-refractivity contribution in [2.24, 2.45) is 5.92 Å². The van der Waals surface area contributed by atoms with Crippen molar-refractivity contribution in [2.75, 3.05) is 6.56 Å². The molecule has 2 aromatic carbocycles. The fourth-order valence-corrected chi connectivity index (χ4v) is 2.86. The number of hydrogen-bond donors (Lipinski definition) is 3. The molecule has 0 aliphatic rings. The number of hydrogen-bond acceptors (Lipinski definition) is 4. The summed E-state index contributed by atoms with van der Waals surface area (Å²) >= 11 is 0. The van der Waals surface area contributed by atoms with E-state index in [1.165, 1.54) is 30.3 Å². The van der Waals surface area contributed by atoms with E-state index in [1.807, 2.05) is 12.2 Å². The van der Waals surface area contributed by atoms with Gasteiger partial charge in [-0.05, 0) is 56.2 Å². The second-order valence-corrected chi connectivity index (χ2v) is 7.23. The predicted octanol–water partition coefficient (Wildman–Crippen LogP) is 4.34. The van der Waals surface area contributed by atoms with E-state index in [0.29, 0.717) is 12.8 Å². The summed E-state index contributed by atoms with van der Waals surface area (Å²) in [6, 6.07) is 8.84. The summed E-state index contributed by atoms with van der Waals surface area (Å²) in [5, 5.41) is 24.5. The van der Waals surface area contributed by atoms with Crippen LogP contribution in [0, 0.1) is 5.92 Å². The molecule has 0 fully saturated rings.